The van der Waals surface area contributed by atoms with Crippen molar-refractivity contribution in [1.29, 1.82) is 0 Å². The molecule has 98 valence electrons. The van der Waals surface area contributed by atoms with Gasteiger partial charge in [-0.3, -0.25) is 0 Å². The summed E-state index contributed by atoms with van der Waals surface area (Å²) in [6.45, 7) is 1.30. The van der Waals surface area contributed by atoms with Crippen LogP contribution in [-0.4, -0.2) is 24.2 Å². The van der Waals surface area contributed by atoms with Crippen LogP contribution in [0, 0.1) is 0 Å². The number of nitrogens with zero attached hydrogens (tertiary/aromatic N) is 2. The van der Waals surface area contributed by atoms with Crippen molar-refractivity contribution in [3.8, 4) is 5.75 Å². The van der Waals surface area contributed by atoms with E-state index >= 15 is 0 Å². The lowest BCUT2D eigenvalue weighted by Gasteiger charge is -2.40. The van der Waals surface area contributed by atoms with E-state index in [2.05, 4.69) is 9.88 Å². The van der Waals surface area contributed by atoms with Gasteiger partial charge in [-0.15, -0.1) is 0 Å². The maximum Gasteiger partial charge on any atom is 0.418 e. The third-order valence-corrected chi connectivity index (χ3v) is 3.49. The van der Waals surface area contributed by atoms with Gasteiger partial charge in [-0.2, -0.15) is 13.2 Å². The molecule has 0 amide bonds. The van der Waals surface area contributed by atoms with Gasteiger partial charge in [-0.05, 0) is 25.3 Å². The summed E-state index contributed by atoms with van der Waals surface area (Å²) in [5.41, 5.74) is -0.753. The van der Waals surface area contributed by atoms with Crippen molar-refractivity contribution in [2.24, 2.45) is 0 Å². The van der Waals surface area contributed by atoms with Crippen LogP contribution in [0.15, 0.2) is 12.3 Å². The van der Waals surface area contributed by atoms with E-state index < -0.39 is 11.7 Å². The molecular formula is C12H13F3N2O. The molecule has 1 aromatic rings. The fraction of sp³-hybridized carbons (Fsp3) is 0.583. The minimum absolute atomic E-state index is 0.253. The number of hydrogen-bond donors (Lipinski definition) is 0. The minimum Gasteiger partial charge on any atom is -0.488 e. The number of piperidine rings is 1. The Morgan fingerprint density at radius 3 is 2.94 bits per heavy atom. The van der Waals surface area contributed by atoms with Crippen molar-refractivity contribution >= 4 is 5.82 Å². The van der Waals surface area contributed by atoms with Gasteiger partial charge < -0.3 is 9.64 Å². The first-order valence-electron chi connectivity index (χ1n) is 6.02. The Morgan fingerprint density at radius 1 is 1.33 bits per heavy atom. The van der Waals surface area contributed by atoms with Crippen LogP contribution in [0.1, 0.15) is 24.8 Å². The highest BCUT2D eigenvalue weighted by atomic mass is 19.4. The fourth-order valence-corrected chi connectivity index (χ4v) is 2.55. The van der Waals surface area contributed by atoms with Gasteiger partial charge in [-0.25, -0.2) is 4.98 Å². The first kappa shape index (κ1) is 11.6. The molecule has 2 aliphatic rings. The number of alkyl halides is 3. The summed E-state index contributed by atoms with van der Waals surface area (Å²) in [5, 5.41) is 0. The number of hydrogen-bond acceptors (Lipinski definition) is 3. The molecule has 2 aliphatic heterocycles. The van der Waals surface area contributed by atoms with Crippen LogP contribution in [0.4, 0.5) is 19.0 Å². The van der Waals surface area contributed by atoms with E-state index in [1.54, 1.807) is 0 Å². The molecule has 0 saturated carbocycles. The maximum atomic E-state index is 12.6. The molecule has 3 rings (SSSR count). The molecule has 18 heavy (non-hydrogen) atoms. The van der Waals surface area contributed by atoms with E-state index in [-0.39, 0.29) is 11.8 Å². The lowest BCUT2D eigenvalue weighted by molar-refractivity contribution is -0.138. The van der Waals surface area contributed by atoms with Crippen molar-refractivity contribution < 1.29 is 17.9 Å². The molecule has 1 saturated heterocycles. The summed E-state index contributed by atoms with van der Waals surface area (Å²) < 4.78 is 43.2. The van der Waals surface area contributed by atoms with Crippen molar-refractivity contribution in [1.82, 2.24) is 4.98 Å². The summed E-state index contributed by atoms with van der Waals surface area (Å²) in [4.78, 5) is 6.02. The smallest absolute Gasteiger partial charge is 0.418 e. The fourth-order valence-electron chi connectivity index (χ4n) is 2.55. The molecule has 0 N–H and O–H groups in total. The van der Waals surface area contributed by atoms with Crippen LogP contribution in [0.3, 0.4) is 0 Å². The van der Waals surface area contributed by atoms with Gasteiger partial charge in [-0.1, -0.05) is 0 Å². The average Bonchev–Trinajstić information content (AvgIpc) is 2.37. The molecule has 0 aromatic carbocycles. The monoisotopic (exact) mass is 258 g/mol. The predicted molar refractivity (Wildman–Crippen MR) is 59.7 cm³/mol. The zero-order valence-corrected chi connectivity index (χ0v) is 9.70. The molecule has 0 aliphatic carbocycles. The second-order valence-electron chi connectivity index (χ2n) is 4.70. The number of aromatic nitrogens is 1. The summed E-state index contributed by atoms with van der Waals surface area (Å²) >= 11 is 0. The first-order chi connectivity index (χ1) is 8.55. The molecule has 3 nitrogen and oxygen atoms in total. The summed E-state index contributed by atoms with van der Waals surface area (Å²) in [6.07, 6.45) is -0.273. The standard InChI is InChI=1S/C12H13F3N2O/c13-12(14,15)8-5-10-11(16-6-8)17-4-2-1-3-9(17)7-18-10/h5-6,9H,1-4,7H2. The van der Waals surface area contributed by atoms with Crippen LogP contribution in [0.25, 0.3) is 0 Å². The largest absolute Gasteiger partial charge is 0.488 e. The molecule has 3 heterocycles. The van der Waals surface area contributed by atoms with E-state index in [9.17, 15) is 13.2 Å². The zero-order chi connectivity index (χ0) is 12.8. The Morgan fingerprint density at radius 2 is 2.17 bits per heavy atom. The number of ether oxygens (including phenoxy) is 1. The highest BCUT2D eigenvalue weighted by molar-refractivity contribution is 5.56. The Hall–Kier alpha value is -1.46. The highest BCUT2D eigenvalue weighted by Gasteiger charge is 2.35. The number of halogens is 3. The quantitative estimate of drug-likeness (QED) is 0.715. The van der Waals surface area contributed by atoms with Crippen molar-refractivity contribution in [3.63, 3.8) is 0 Å². The second-order valence-corrected chi connectivity index (χ2v) is 4.70. The number of fused-ring (bicyclic) bond motifs is 3. The topological polar surface area (TPSA) is 25.4 Å². The average molecular weight is 258 g/mol. The van der Waals surface area contributed by atoms with Crippen LogP contribution in [0.2, 0.25) is 0 Å². The van der Waals surface area contributed by atoms with E-state index in [1.807, 2.05) is 0 Å². The Kier molecular flexibility index (Phi) is 2.60. The van der Waals surface area contributed by atoms with Gasteiger partial charge in [0.05, 0.1) is 11.6 Å². The molecule has 1 atom stereocenters. The number of anilines is 1. The summed E-state index contributed by atoms with van der Waals surface area (Å²) in [5.74, 6) is 0.807. The minimum atomic E-state index is -4.37. The van der Waals surface area contributed by atoms with E-state index in [0.29, 0.717) is 12.4 Å². The van der Waals surface area contributed by atoms with Crippen LogP contribution >= 0.6 is 0 Å². The molecule has 1 unspecified atom stereocenters. The van der Waals surface area contributed by atoms with E-state index in [1.165, 1.54) is 0 Å². The molecule has 0 radical (unpaired) electrons. The van der Waals surface area contributed by atoms with Gasteiger partial charge in [0.2, 0.25) is 0 Å². The van der Waals surface area contributed by atoms with Crippen LogP contribution in [-0.2, 0) is 6.18 Å². The Bertz CT molecular complexity index is 461. The van der Waals surface area contributed by atoms with Crippen LogP contribution < -0.4 is 9.64 Å². The summed E-state index contributed by atoms with van der Waals surface area (Å²) in [6, 6.07) is 1.31. The third kappa shape index (κ3) is 1.89. The number of pyridine rings is 1. The number of rotatable bonds is 0. The maximum absolute atomic E-state index is 12.6. The Labute approximate surface area is 103 Å². The van der Waals surface area contributed by atoms with Gasteiger partial charge in [0.15, 0.2) is 11.6 Å². The van der Waals surface area contributed by atoms with Gasteiger partial charge in [0.25, 0.3) is 0 Å². The van der Waals surface area contributed by atoms with E-state index in [4.69, 9.17) is 4.74 Å². The molecule has 1 fully saturated rings. The lowest BCUT2D eigenvalue weighted by atomic mass is 10.0. The third-order valence-electron chi connectivity index (χ3n) is 3.49. The van der Waals surface area contributed by atoms with Gasteiger partial charge in [0.1, 0.15) is 6.61 Å². The summed E-state index contributed by atoms with van der Waals surface area (Å²) in [7, 11) is 0. The molecule has 0 bridgehead atoms. The molecule has 1 aromatic heterocycles. The highest BCUT2D eigenvalue weighted by Crippen LogP contribution is 2.39. The van der Waals surface area contributed by atoms with Crippen molar-refractivity contribution in [3.05, 3.63) is 17.8 Å². The van der Waals surface area contributed by atoms with Gasteiger partial charge >= 0.3 is 6.18 Å². The predicted octanol–water partition coefficient (Wildman–Crippen LogP) is 2.85. The van der Waals surface area contributed by atoms with Crippen molar-refractivity contribution in [2.45, 2.75) is 31.5 Å². The van der Waals surface area contributed by atoms with Crippen molar-refractivity contribution in [2.75, 3.05) is 18.1 Å². The van der Waals surface area contributed by atoms with Crippen LogP contribution in [0.5, 0.6) is 5.75 Å². The van der Waals surface area contributed by atoms with Gasteiger partial charge in [0, 0.05) is 12.7 Å². The Balaban J connectivity index is 1.96. The normalized spacial score (nSPS) is 23.1. The molecular weight excluding hydrogens is 245 g/mol. The molecule has 6 heteroatoms. The molecule has 0 spiro atoms. The second kappa shape index (κ2) is 4.03. The zero-order valence-electron chi connectivity index (χ0n) is 9.70. The lowest BCUT2D eigenvalue weighted by Crippen LogP contribution is -2.46. The SMILES string of the molecule is FC(F)(F)c1cnc2c(c1)OCC1CCCCN21. The van der Waals surface area contributed by atoms with E-state index in [0.717, 1.165) is 38.1 Å². The first-order valence-corrected chi connectivity index (χ1v) is 6.02.